The molecule has 0 fully saturated rings. The standard InChI is InChI=1S/C7H13N3O/c1-5-7(2,3)10(4)6(11)9-8-5/h1-4H3,(H,9,11). The van der Waals surface area contributed by atoms with Gasteiger partial charge in [-0.25, -0.2) is 10.2 Å². The predicted octanol–water partition coefficient (Wildman–Crippen LogP) is 0.796. The molecule has 4 nitrogen and oxygen atoms in total. The molecule has 1 N–H and O–H groups in total. The Morgan fingerprint density at radius 1 is 1.55 bits per heavy atom. The van der Waals surface area contributed by atoms with E-state index in [4.69, 9.17) is 0 Å². The van der Waals surface area contributed by atoms with Gasteiger partial charge < -0.3 is 4.90 Å². The van der Waals surface area contributed by atoms with E-state index in [1.165, 1.54) is 0 Å². The molecule has 62 valence electrons. The molecule has 2 amide bonds. The first-order chi connectivity index (χ1) is 4.96. The van der Waals surface area contributed by atoms with E-state index in [1.54, 1.807) is 11.9 Å². The number of nitrogens with zero attached hydrogens (tertiary/aromatic N) is 2. The Morgan fingerprint density at radius 2 is 2.09 bits per heavy atom. The minimum atomic E-state index is -0.262. The molecule has 1 rings (SSSR count). The number of carbonyl (C=O) groups excluding carboxylic acids is 1. The van der Waals surface area contributed by atoms with E-state index in [0.717, 1.165) is 5.71 Å². The first-order valence-electron chi connectivity index (χ1n) is 3.55. The molecule has 0 unspecified atom stereocenters. The van der Waals surface area contributed by atoms with Gasteiger partial charge in [0.15, 0.2) is 0 Å². The lowest BCUT2D eigenvalue weighted by Gasteiger charge is -2.38. The van der Waals surface area contributed by atoms with Crippen molar-refractivity contribution < 1.29 is 4.79 Å². The van der Waals surface area contributed by atoms with Crippen LogP contribution in [0.5, 0.6) is 0 Å². The second kappa shape index (κ2) is 2.22. The Labute approximate surface area is 66.3 Å². The second-order valence-electron chi connectivity index (χ2n) is 3.23. The van der Waals surface area contributed by atoms with E-state index < -0.39 is 0 Å². The van der Waals surface area contributed by atoms with Gasteiger partial charge in [-0.2, -0.15) is 5.10 Å². The van der Waals surface area contributed by atoms with Crippen molar-refractivity contribution in [2.75, 3.05) is 7.05 Å². The SMILES string of the molecule is CC1=NNC(=O)N(C)C1(C)C. The fourth-order valence-electron chi connectivity index (χ4n) is 0.840. The highest BCUT2D eigenvalue weighted by molar-refractivity contribution is 5.97. The summed E-state index contributed by atoms with van der Waals surface area (Å²) in [6.07, 6.45) is 0. The summed E-state index contributed by atoms with van der Waals surface area (Å²) in [4.78, 5) is 12.7. The van der Waals surface area contributed by atoms with Crippen LogP contribution >= 0.6 is 0 Å². The maximum Gasteiger partial charge on any atom is 0.338 e. The fourth-order valence-corrected chi connectivity index (χ4v) is 0.840. The summed E-state index contributed by atoms with van der Waals surface area (Å²) in [7, 11) is 1.76. The molecule has 0 radical (unpaired) electrons. The maximum atomic E-state index is 11.1. The third-order valence-electron chi connectivity index (χ3n) is 2.35. The maximum absolute atomic E-state index is 11.1. The Kier molecular flexibility index (Phi) is 1.62. The molecule has 0 saturated heterocycles. The van der Waals surface area contributed by atoms with Gasteiger partial charge in [0, 0.05) is 7.05 Å². The van der Waals surface area contributed by atoms with Gasteiger partial charge in [-0.3, -0.25) is 0 Å². The highest BCUT2D eigenvalue weighted by Gasteiger charge is 2.33. The van der Waals surface area contributed by atoms with Crippen LogP contribution in [0.1, 0.15) is 20.8 Å². The van der Waals surface area contributed by atoms with Crippen molar-refractivity contribution in [1.82, 2.24) is 10.3 Å². The molecule has 0 bridgehead atoms. The van der Waals surface area contributed by atoms with Crippen LogP contribution in [0.3, 0.4) is 0 Å². The van der Waals surface area contributed by atoms with Crippen LogP contribution in [-0.4, -0.2) is 29.2 Å². The van der Waals surface area contributed by atoms with Crippen LogP contribution in [0.25, 0.3) is 0 Å². The summed E-state index contributed by atoms with van der Waals surface area (Å²) >= 11 is 0. The Morgan fingerprint density at radius 3 is 2.55 bits per heavy atom. The molecule has 0 aromatic carbocycles. The van der Waals surface area contributed by atoms with Gasteiger partial charge in [0.05, 0.1) is 11.3 Å². The van der Waals surface area contributed by atoms with Crippen LogP contribution in [0.2, 0.25) is 0 Å². The lowest BCUT2D eigenvalue weighted by Crippen LogP contribution is -2.56. The molecule has 0 spiro atoms. The quantitative estimate of drug-likeness (QED) is 0.552. The molecule has 1 aliphatic heterocycles. The van der Waals surface area contributed by atoms with Gasteiger partial charge in [0.1, 0.15) is 0 Å². The molecule has 0 aromatic heterocycles. The lowest BCUT2D eigenvalue weighted by atomic mass is 9.97. The molecule has 4 heteroatoms. The highest BCUT2D eigenvalue weighted by atomic mass is 16.2. The molecule has 0 atom stereocenters. The van der Waals surface area contributed by atoms with E-state index in [-0.39, 0.29) is 11.6 Å². The van der Waals surface area contributed by atoms with Crippen molar-refractivity contribution in [1.29, 1.82) is 0 Å². The Bertz CT molecular complexity index is 220. The fraction of sp³-hybridized carbons (Fsp3) is 0.714. The van der Waals surface area contributed by atoms with Gasteiger partial charge in [-0.1, -0.05) is 0 Å². The normalized spacial score (nSPS) is 22.7. The van der Waals surface area contributed by atoms with Crippen molar-refractivity contribution >= 4 is 11.7 Å². The van der Waals surface area contributed by atoms with Gasteiger partial charge in [-0.05, 0) is 20.8 Å². The molecule has 1 aliphatic rings. The first-order valence-corrected chi connectivity index (χ1v) is 3.55. The summed E-state index contributed by atoms with van der Waals surface area (Å²) in [6.45, 7) is 5.82. The molecule has 0 saturated carbocycles. The summed E-state index contributed by atoms with van der Waals surface area (Å²) in [5.74, 6) is 0. The summed E-state index contributed by atoms with van der Waals surface area (Å²) in [6, 6.07) is -0.152. The second-order valence-corrected chi connectivity index (χ2v) is 3.23. The van der Waals surface area contributed by atoms with Crippen molar-refractivity contribution in [3.63, 3.8) is 0 Å². The number of hydrazone groups is 1. The first kappa shape index (κ1) is 8.04. The molecule has 1 heterocycles. The molecule has 0 aromatic rings. The summed E-state index contributed by atoms with van der Waals surface area (Å²) < 4.78 is 0. The number of urea groups is 1. The van der Waals surface area contributed by atoms with Crippen LogP contribution in [0.4, 0.5) is 4.79 Å². The van der Waals surface area contributed by atoms with Gasteiger partial charge in [0.25, 0.3) is 0 Å². The monoisotopic (exact) mass is 155 g/mol. The zero-order valence-corrected chi connectivity index (χ0v) is 7.30. The number of amides is 2. The zero-order valence-electron chi connectivity index (χ0n) is 7.30. The summed E-state index contributed by atoms with van der Waals surface area (Å²) in [5, 5.41) is 3.89. The molecule has 0 aliphatic carbocycles. The Balaban J connectivity index is 3.00. The average molecular weight is 155 g/mol. The van der Waals surface area contributed by atoms with Crippen molar-refractivity contribution in [2.24, 2.45) is 5.10 Å². The van der Waals surface area contributed by atoms with E-state index in [2.05, 4.69) is 10.5 Å². The van der Waals surface area contributed by atoms with Crippen LogP contribution in [0.15, 0.2) is 5.10 Å². The number of nitrogens with one attached hydrogen (secondary N) is 1. The number of rotatable bonds is 0. The predicted molar refractivity (Wildman–Crippen MR) is 43.5 cm³/mol. The third kappa shape index (κ3) is 1.08. The van der Waals surface area contributed by atoms with E-state index >= 15 is 0 Å². The average Bonchev–Trinajstić information content (AvgIpc) is 1.95. The zero-order chi connectivity index (χ0) is 8.65. The van der Waals surface area contributed by atoms with Crippen molar-refractivity contribution in [3.05, 3.63) is 0 Å². The number of carbonyl (C=O) groups is 1. The molecule has 11 heavy (non-hydrogen) atoms. The van der Waals surface area contributed by atoms with Gasteiger partial charge in [0.2, 0.25) is 0 Å². The smallest absolute Gasteiger partial charge is 0.316 e. The molecular weight excluding hydrogens is 142 g/mol. The lowest BCUT2D eigenvalue weighted by molar-refractivity contribution is 0.177. The largest absolute Gasteiger partial charge is 0.338 e. The van der Waals surface area contributed by atoms with Crippen LogP contribution in [-0.2, 0) is 0 Å². The van der Waals surface area contributed by atoms with E-state index in [9.17, 15) is 4.79 Å². The van der Waals surface area contributed by atoms with Crippen LogP contribution in [0, 0.1) is 0 Å². The van der Waals surface area contributed by atoms with E-state index in [1.807, 2.05) is 20.8 Å². The minimum Gasteiger partial charge on any atom is -0.316 e. The molecular formula is C7H13N3O. The number of hydrogen-bond acceptors (Lipinski definition) is 2. The number of hydrogen-bond donors (Lipinski definition) is 1. The van der Waals surface area contributed by atoms with Crippen molar-refractivity contribution in [2.45, 2.75) is 26.3 Å². The topological polar surface area (TPSA) is 44.7 Å². The van der Waals surface area contributed by atoms with Gasteiger partial charge in [-0.15, -0.1) is 0 Å². The summed E-state index contributed by atoms with van der Waals surface area (Å²) in [5.41, 5.74) is 3.07. The van der Waals surface area contributed by atoms with Crippen LogP contribution < -0.4 is 5.43 Å². The van der Waals surface area contributed by atoms with Gasteiger partial charge >= 0.3 is 6.03 Å². The minimum absolute atomic E-state index is 0.152. The van der Waals surface area contributed by atoms with Crippen molar-refractivity contribution in [3.8, 4) is 0 Å². The highest BCUT2D eigenvalue weighted by Crippen LogP contribution is 2.17. The Hall–Kier alpha value is -1.06. The van der Waals surface area contributed by atoms with E-state index in [0.29, 0.717) is 0 Å². The third-order valence-corrected chi connectivity index (χ3v) is 2.35.